The number of halogens is 2. The van der Waals surface area contributed by atoms with E-state index in [0.29, 0.717) is 47.7 Å². The van der Waals surface area contributed by atoms with E-state index in [1.165, 1.54) is 22.7 Å². The molecular formula is C34H26Cl2N2O5S2. The number of rotatable bonds is 9. The van der Waals surface area contributed by atoms with Crippen molar-refractivity contribution in [3.63, 3.8) is 0 Å². The predicted molar refractivity (Wildman–Crippen MR) is 179 cm³/mol. The second-order valence-electron chi connectivity index (χ2n) is 9.85. The number of esters is 1. The minimum absolute atomic E-state index is 0.153. The van der Waals surface area contributed by atoms with Crippen LogP contribution in [0.4, 0.5) is 0 Å². The van der Waals surface area contributed by atoms with E-state index in [0.717, 1.165) is 16.0 Å². The van der Waals surface area contributed by atoms with Crippen molar-refractivity contribution < 1.29 is 19.0 Å². The van der Waals surface area contributed by atoms with Crippen LogP contribution in [0, 0.1) is 0 Å². The van der Waals surface area contributed by atoms with Crippen LogP contribution in [0.5, 0.6) is 11.5 Å². The number of nitrogens with zero attached hydrogens (tertiary/aromatic N) is 2. The summed E-state index contributed by atoms with van der Waals surface area (Å²) in [7, 11) is 1.55. The van der Waals surface area contributed by atoms with Crippen LogP contribution in [-0.2, 0) is 16.1 Å². The third kappa shape index (κ3) is 6.21. The third-order valence-electron chi connectivity index (χ3n) is 7.09. The lowest BCUT2D eigenvalue weighted by molar-refractivity contribution is -0.138. The van der Waals surface area contributed by atoms with Crippen molar-refractivity contribution in [2.24, 2.45) is 4.99 Å². The molecule has 0 bridgehead atoms. The molecule has 3 aromatic carbocycles. The minimum Gasteiger partial charge on any atom is -0.493 e. The van der Waals surface area contributed by atoms with Crippen molar-refractivity contribution in [1.82, 2.24) is 4.57 Å². The first-order valence-corrected chi connectivity index (χ1v) is 16.4. The molecule has 228 valence electrons. The monoisotopic (exact) mass is 676 g/mol. The Bertz CT molecular complexity index is 2090. The normalized spacial score (nSPS) is 14.6. The second kappa shape index (κ2) is 13.5. The molecule has 0 spiro atoms. The number of benzene rings is 3. The fourth-order valence-corrected chi connectivity index (χ4v) is 7.33. The smallest absolute Gasteiger partial charge is 0.338 e. The van der Waals surface area contributed by atoms with Gasteiger partial charge in [-0.15, -0.1) is 11.3 Å². The molecule has 0 unspecified atom stereocenters. The highest BCUT2D eigenvalue weighted by Gasteiger charge is 2.35. The van der Waals surface area contributed by atoms with E-state index >= 15 is 0 Å². The number of aromatic nitrogens is 1. The quantitative estimate of drug-likeness (QED) is 0.159. The first kappa shape index (κ1) is 30.9. The van der Waals surface area contributed by atoms with Crippen molar-refractivity contribution in [3.8, 4) is 11.5 Å². The van der Waals surface area contributed by atoms with Crippen molar-refractivity contribution in [2.45, 2.75) is 19.6 Å². The van der Waals surface area contributed by atoms with Crippen LogP contribution in [-0.4, -0.2) is 24.3 Å². The van der Waals surface area contributed by atoms with Gasteiger partial charge in [0.25, 0.3) is 5.56 Å². The Kier molecular flexibility index (Phi) is 9.23. The molecule has 0 N–H and O–H groups in total. The van der Waals surface area contributed by atoms with Gasteiger partial charge in [0.1, 0.15) is 12.6 Å². The maximum Gasteiger partial charge on any atom is 0.338 e. The molecular weight excluding hydrogens is 651 g/mol. The first-order valence-electron chi connectivity index (χ1n) is 13.9. The number of hydrogen-bond acceptors (Lipinski definition) is 8. The summed E-state index contributed by atoms with van der Waals surface area (Å²) in [5.41, 5.74) is 2.63. The van der Waals surface area contributed by atoms with Crippen LogP contribution < -0.4 is 24.4 Å². The molecule has 3 heterocycles. The number of para-hydroxylation sites is 1. The van der Waals surface area contributed by atoms with Crippen LogP contribution in [0.2, 0.25) is 10.0 Å². The van der Waals surface area contributed by atoms with Crippen molar-refractivity contribution in [2.75, 3.05) is 13.7 Å². The number of thiophene rings is 1. The van der Waals surface area contributed by atoms with Gasteiger partial charge >= 0.3 is 5.97 Å². The van der Waals surface area contributed by atoms with Crippen LogP contribution >= 0.6 is 45.9 Å². The summed E-state index contributed by atoms with van der Waals surface area (Å²) in [6, 6.07) is 23.2. The fourth-order valence-electron chi connectivity index (χ4n) is 5.05. The highest BCUT2D eigenvalue weighted by Crippen LogP contribution is 2.37. The number of thiazole rings is 1. The number of methoxy groups -OCH3 is 1. The van der Waals surface area contributed by atoms with Crippen LogP contribution in [0.3, 0.4) is 0 Å². The Morgan fingerprint density at radius 2 is 1.87 bits per heavy atom. The molecule has 0 saturated heterocycles. The molecule has 1 aliphatic heterocycles. The van der Waals surface area contributed by atoms with Gasteiger partial charge in [0.15, 0.2) is 16.3 Å². The molecule has 0 amide bonds. The van der Waals surface area contributed by atoms with Gasteiger partial charge in [0.05, 0.1) is 29.5 Å². The molecule has 0 fully saturated rings. The number of hydrogen-bond donors (Lipinski definition) is 0. The lowest BCUT2D eigenvalue weighted by atomic mass is 9.97. The van der Waals surface area contributed by atoms with Crippen molar-refractivity contribution in [1.29, 1.82) is 0 Å². The van der Waals surface area contributed by atoms with Gasteiger partial charge in [0.2, 0.25) is 0 Å². The standard InChI is InChI=1S/C34H26Cl2N2O5S2/c1-3-42-33(40)28-29(20-9-5-4-6-10-20)37-34-38(30(28)26-13-8-16-44-26)32(39)27(45-34)17-21-11-7-12-25(41-2)31(21)43-19-22-14-15-23(35)18-24(22)36/h4-18,30H,3,19H2,1-2H3/b27-17-/t30-/m0/s1. The van der Waals surface area contributed by atoms with E-state index in [4.69, 9.17) is 42.4 Å². The zero-order valence-electron chi connectivity index (χ0n) is 24.2. The number of carbonyl (C=O) groups is 1. The van der Waals surface area contributed by atoms with E-state index in [9.17, 15) is 9.59 Å². The molecule has 0 aliphatic carbocycles. The Morgan fingerprint density at radius 3 is 2.58 bits per heavy atom. The zero-order chi connectivity index (χ0) is 31.5. The first-order chi connectivity index (χ1) is 21.9. The lowest BCUT2D eigenvalue weighted by Gasteiger charge is -2.24. The molecule has 45 heavy (non-hydrogen) atoms. The van der Waals surface area contributed by atoms with Crippen LogP contribution in [0.25, 0.3) is 11.8 Å². The number of ether oxygens (including phenoxy) is 3. The summed E-state index contributed by atoms with van der Waals surface area (Å²) in [6.07, 6.45) is 1.76. The van der Waals surface area contributed by atoms with E-state index in [-0.39, 0.29) is 18.8 Å². The summed E-state index contributed by atoms with van der Waals surface area (Å²) in [5.74, 6) is 0.426. The molecule has 11 heteroatoms. The van der Waals surface area contributed by atoms with E-state index in [2.05, 4.69) is 0 Å². The van der Waals surface area contributed by atoms with E-state index in [1.54, 1.807) is 48.9 Å². The fraction of sp³-hybridized carbons (Fsp3) is 0.147. The van der Waals surface area contributed by atoms with Gasteiger partial charge in [-0.3, -0.25) is 9.36 Å². The Balaban J connectivity index is 1.52. The van der Waals surface area contributed by atoms with Crippen LogP contribution in [0.1, 0.15) is 34.5 Å². The molecule has 5 aromatic rings. The summed E-state index contributed by atoms with van der Waals surface area (Å²) in [5, 5.41) is 2.93. The maximum absolute atomic E-state index is 14.2. The highest BCUT2D eigenvalue weighted by atomic mass is 35.5. The third-order valence-corrected chi connectivity index (χ3v) is 9.58. The highest BCUT2D eigenvalue weighted by molar-refractivity contribution is 7.10. The summed E-state index contributed by atoms with van der Waals surface area (Å²) < 4.78 is 19.4. The average Bonchev–Trinajstić information content (AvgIpc) is 3.69. The minimum atomic E-state index is -0.717. The summed E-state index contributed by atoms with van der Waals surface area (Å²) in [4.78, 5) is 34.0. The SMILES string of the molecule is CCOC(=O)C1=C(c2ccccc2)N=c2s/c(=C\c3cccc(OC)c3OCc3ccc(Cl)cc3Cl)c(=O)n2[C@H]1c1cccs1. The van der Waals surface area contributed by atoms with Crippen molar-refractivity contribution in [3.05, 3.63) is 141 Å². The zero-order valence-corrected chi connectivity index (χ0v) is 27.3. The van der Waals surface area contributed by atoms with E-state index < -0.39 is 12.0 Å². The molecule has 7 nitrogen and oxygen atoms in total. The second-order valence-corrected chi connectivity index (χ2v) is 12.7. The largest absolute Gasteiger partial charge is 0.493 e. The van der Waals surface area contributed by atoms with Gasteiger partial charge in [-0.2, -0.15) is 0 Å². The molecule has 1 aliphatic rings. The van der Waals surface area contributed by atoms with Gasteiger partial charge in [-0.25, -0.2) is 9.79 Å². The topological polar surface area (TPSA) is 79.1 Å². The Morgan fingerprint density at radius 1 is 1.04 bits per heavy atom. The molecule has 1 atom stereocenters. The van der Waals surface area contributed by atoms with Gasteiger partial charge in [0, 0.05) is 31.6 Å². The molecule has 0 radical (unpaired) electrons. The number of carbonyl (C=O) groups excluding carboxylic acids is 1. The molecule has 2 aromatic heterocycles. The molecule has 6 rings (SSSR count). The van der Waals surface area contributed by atoms with Gasteiger partial charge in [-0.1, -0.05) is 89.1 Å². The Labute approximate surface area is 276 Å². The maximum atomic E-state index is 14.2. The van der Waals surface area contributed by atoms with Crippen LogP contribution in [0.15, 0.2) is 99.6 Å². The molecule has 0 saturated carbocycles. The van der Waals surface area contributed by atoms with Gasteiger partial charge < -0.3 is 14.2 Å². The summed E-state index contributed by atoms with van der Waals surface area (Å²) >= 11 is 15.2. The lowest BCUT2D eigenvalue weighted by Crippen LogP contribution is -2.39. The summed E-state index contributed by atoms with van der Waals surface area (Å²) in [6.45, 7) is 2.09. The van der Waals surface area contributed by atoms with Crippen molar-refractivity contribution >= 4 is 63.6 Å². The predicted octanol–water partition coefficient (Wildman–Crippen LogP) is 6.89. The average molecular weight is 678 g/mol. The van der Waals surface area contributed by atoms with E-state index in [1.807, 2.05) is 60.0 Å². The Hall–Kier alpha value is -4.15. The van der Waals surface area contributed by atoms with Gasteiger partial charge in [-0.05, 0) is 42.6 Å². The number of fused-ring (bicyclic) bond motifs is 1.